The monoisotopic (exact) mass is 476 g/mol. The summed E-state index contributed by atoms with van der Waals surface area (Å²) in [4.78, 5) is 0. The van der Waals surface area contributed by atoms with E-state index in [0.29, 0.717) is 0 Å². The van der Waals surface area contributed by atoms with E-state index < -0.39 is 17.4 Å². The van der Waals surface area contributed by atoms with Crippen LogP contribution in [0.2, 0.25) is 19.1 Å². The van der Waals surface area contributed by atoms with Crippen molar-refractivity contribution < 1.29 is 17.4 Å². The van der Waals surface area contributed by atoms with Crippen LogP contribution in [0.3, 0.4) is 0 Å². The zero-order valence-electron chi connectivity index (χ0n) is 22.1. The van der Waals surface area contributed by atoms with Gasteiger partial charge in [0.05, 0.1) is 0 Å². The Morgan fingerprint density at radius 2 is 0.742 bits per heavy atom. The minimum absolute atomic E-state index is 1.14. The van der Waals surface area contributed by atoms with Crippen LogP contribution in [0.25, 0.3) is 0 Å². The number of hydrogen-bond donors (Lipinski definition) is 0. The molecule has 0 aromatic heterocycles. The summed E-state index contributed by atoms with van der Waals surface area (Å²) in [6.07, 6.45) is 25.4. The maximum absolute atomic E-state index is 6.22. The summed E-state index contributed by atoms with van der Waals surface area (Å²) in [5.74, 6) is 0. The summed E-state index contributed by atoms with van der Waals surface area (Å²) in [6, 6.07) is 1.14. The predicted molar refractivity (Wildman–Crippen MR) is 139 cm³/mol. The number of rotatable bonds is 24. The Morgan fingerprint density at radius 3 is 1.03 bits per heavy atom. The third-order valence-corrected chi connectivity index (χ3v) is 12.6. The van der Waals surface area contributed by atoms with Crippen LogP contribution in [-0.2, 0) is 17.4 Å². The van der Waals surface area contributed by atoms with Crippen LogP contribution in [-0.4, -0.2) is 38.7 Å². The van der Waals surface area contributed by atoms with Gasteiger partial charge in [-0.3, -0.25) is 0 Å². The molecule has 0 saturated carbocycles. The Bertz CT molecular complexity index is 368. The molecule has 0 unspecified atom stereocenters. The first kappa shape index (κ1) is 31.3. The first-order valence-corrected chi connectivity index (χ1v) is 18.1. The molecule has 0 aromatic carbocycles. The van der Waals surface area contributed by atoms with Gasteiger partial charge in [0.2, 0.25) is 0 Å². The minimum Gasteiger partial charge on any atom is -0.394 e. The second kappa shape index (κ2) is 20.9. The SMILES string of the molecule is CCCCCCCCCCCCCCCCCCCC[Si](C)(C)O[Si](OC)(OC)OC. The maximum Gasteiger partial charge on any atom is 0.668 e. The molecule has 0 aliphatic carbocycles. The molecule has 0 atom stereocenters. The number of unbranched alkanes of at least 4 members (excludes halogenated alkanes) is 17. The van der Waals surface area contributed by atoms with Crippen LogP contribution in [0.4, 0.5) is 0 Å². The summed E-state index contributed by atoms with van der Waals surface area (Å²) in [5.41, 5.74) is 0. The molecular weight excluding hydrogens is 420 g/mol. The molecule has 0 spiro atoms. The molecule has 0 fully saturated rings. The summed E-state index contributed by atoms with van der Waals surface area (Å²) in [5, 5.41) is 0. The summed E-state index contributed by atoms with van der Waals surface area (Å²) >= 11 is 0. The van der Waals surface area contributed by atoms with Gasteiger partial charge in [0.15, 0.2) is 8.32 Å². The molecule has 0 aromatic rings. The quantitative estimate of drug-likeness (QED) is 0.103. The zero-order valence-corrected chi connectivity index (χ0v) is 24.1. The molecule has 0 saturated heterocycles. The van der Waals surface area contributed by atoms with E-state index in [2.05, 4.69) is 20.0 Å². The fraction of sp³-hybridized carbons (Fsp3) is 1.00. The van der Waals surface area contributed by atoms with E-state index in [1.807, 2.05) is 0 Å². The molecule has 6 heteroatoms. The smallest absolute Gasteiger partial charge is 0.394 e. The molecule has 0 aliphatic rings. The largest absolute Gasteiger partial charge is 0.668 e. The van der Waals surface area contributed by atoms with Crippen LogP contribution in [0.15, 0.2) is 0 Å². The Labute approximate surface area is 197 Å². The van der Waals surface area contributed by atoms with E-state index >= 15 is 0 Å². The standard InChI is InChI=1S/C25H56O4Si2/c1-7-8-9-10-11-12-13-14-15-16-17-18-19-20-21-22-23-24-25-30(5,6)29-31(26-2,27-3)28-4/h7-25H2,1-6H3. The van der Waals surface area contributed by atoms with Gasteiger partial charge in [0, 0.05) is 21.3 Å². The predicted octanol–water partition coefficient (Wildman–Crippen LogP) is 8.62. The van der Waals surface area contributed by atoms with Crippen molar-refractivity contribution in [1.82, 2.24) is 0 Å². The van der Waals surface area contributed by atoms with E-state index in [9.17, 15) is 0 Å². The van der Waals surface area contributed by atoms with E-state index in [4.69, 9.17) is 17.4 Å². The van der Waals surface area contributed by atoms with Crippen LogP contribution >= 0.6 is 0 Å². The lowest BCUT2D eigenvalue weighted by Gasteiger charge is -2.32. The van der Waals surface area contributed by atoms with Gasteiger partial charge in [-0.05, 0) is 19.1 Å². The Balaban J connectivity index is 3.43. The van der Waals surface area contributed by atoms with E-state index in [1.54, 1.807) is 21.3 Å². The fourth-order valence-corrected chi connectivity index (χ4v) is 9.93. The molecular formula is C25H56O4Si2. The zero-order chi connectivity index (χ0) is 23.3. The molecule has 31 heavy (non-hydrogen) atoms. The van der Waals surface area contributed by atoms with Crippen LogP contribution < -0.4 is 0 Å². The molecule has 0 rings (SSSR count). The summed E-state index contributed by atoms with van der Waals surface area (Å²) < 4.78 is 22.5. The molecule has 188 valence electrons. The number of hydrogen-bond acceptors (Lipinski definition) is 4. The van der Waals surface area contributed by atoms with Crippen molar-refractivity contribution >= 4 is 17.4 Å². The van der Waals surface area contributed by atoms with Crippen molar-refractivity contribution in [2.24, 2.45) is 0 Å². The highest BCUT2D eigenvalue weighted by Gasteiger charge is 2.47. The average Bonchev–Trinajstić information content (AvgIpc) is 2.76. The average molecular weight is 477 g/mol. The topological polar surface area (TPSA) is 36.9 Å². The van der Waals surface area contributed by atoms with Gasteiger partial charge in [-0.15, -0.1) is 0 Å². The lowest BCUT2D eigenvalue weighted by Crippen LogP contribution is -2.53. The van der Waals surface area contributed by atoms with Crippen LogP contribution in [0.1, 0.15) is 122 Å². The van der Waals surface area contributed by atoms with Crippen molar-refractivity contribution in [2.45, 2.75) is 142 Å². The highest BCUT2D eigenvalue weighted by molar-refractivity contribution is 6.78. The fourth-order valence-electron chi connectivity index (χ4n) is 4.22. The van der Waals surface area contributed by atoms with Gasteiger partial charge in [0.1, 0.15) is 0 Å². The third-order valence-electron chi connectivity index (χ3n) is 6.28. The molecule has 0 amide bonds. The normalized spacial score (nSPS) is 12.6. The van der Waals surface area contributed by atoms with Gasteiger partial charge >= 0.3 is 9.05 Å². The second-order valence-corrected chi connectivity index (χ2v) is 16.8. The van der Waals surface area contributed by atoms with Crippen molar-refractivity contribution in [3.05, 3.63) is 0 Å². The second-order valence-electron chi connectivity index (χ2n) is 9.73. The summed E-state index contributed by atoms with van der Waals surface area (Å²) in [7, 11) is 0.103. The van der Waals surface area contributed by atoms with Gasteiger partial charge in [-0.1, -0.05) is 122 Å². The Morgan fingerprint density at radius 1 is 0.452 bits per heavy atom. The van der Waals surface area contributed by atoms with Crippen molar-refractivity contribution in [1.29, 1.82) is 0 Å². The third kappa shape index (κ3) is 18.4. The molecule has 0 N–H and O–H groups in total. The molecule has 0 heterocycles. The molecule has 0 radical (unpaired) electrons. The lowest BCUT2D eigenvalue weighted by atomic mass is 10.0. The molecule has 0 bridgehead atoms. The maximum atomic E-state index is 6.22. The molecule has 4 nitrogen and oxygen atoms in total. The van der Waals surface area contributed by atoms with Crippen LogP contribution in [0, 0.1) is 0 Å². The summed E-state index contributed by atoms with van der Waals surface area (Å²) in [6.45, 7) is 6.76. The highest BCUT2D eigenvalue weighted by Crippen LogP contribution is 2.23. The van der Waals surface area contributed by atoms with Crippen molar-refractivity contribution in [3.63, 3.8) is 0 Å². The van der Waals surface area contributed by atoms with Gasteiger partial charge in [-0.25, -0.2) is 0 Å². The van der Waals surface area contributed by atoms with Crippen LogP contribution in [0.5, 0.6) is 0 Å². The van der Waals surface area contributed by atoms with Gasteiger partial charge in [-0.2, -0.15) is 0 Å². The highest BCUT2D eigenvalue weighted by atomic mass is 28.5. The first-order chi connectivity index (χ1) is 14.9. The van der Waals surface area contributed by atoms with E-state index in [-0.39, 0.29) is 0 Å². The first-order valence-electron chi connectivity index (χ1n) is 13.3. The van der Waals surface area contributed by atoms with Gasteiger partial charge in [0.25, 0.3) is 0 Å². The van der Waals surface area contributed by atoms with E-state index in [0.717, 1.165) is 6.04 Å². The van der Waals surface area contributed by atoms with E-state index in [1.165, 1.54) is 116 Å². The lowest BCUT2D eigenvalue weighted by molar-refractivity contribution is 0.0478. The Kier molecular flexibility index (Phi) is 21.0. The minimum atomic E-state index is -2.90. The Hall–Kier alpha value is 0.274. The van der Waals surface area contributed by atoms with Gasteiger partial charge < -0.3 is 17.4 Å². The van der Waals surface area contributed by atoms with Crippen molar-refractivity contribution in [2.75, 3.05) is 21.3 Å². The molecule has 0 aliphatic heterocycles. The van der Waals surface area contributed by atoms with Crippen molar-refractivity contribution in [3.8, 4) is 0 Å².